The Labute approximate surface area is 291 Å². The van der Waals surface area contributed by atoms with Crippen LogP contribution in [0.2, 0.25) is 0 Å². The quantitative estimate of drug-likeness (QED) is 0.0511. The first-order valence-corrected chi connectivity index (χ1v) is 17.1. The molecule has 21 nitrogen and oxygen atoms in total. The number of hydrogen-bond acceptors (Lipinski definition) is 12. The number of rotatable bonds is 22. The van der Waals surface area contributed by atoms with Crippen molar-refractivity contribution in [2.45, 2.75) is 82.7 Å². The number of benzene rings is 1. The third kappa shape index (κ3) is 15.4. The van der Waals surface area contributed by atoms with E-state index in [4.69, 9.17) is 20.6 Å². The van der Waals surface area contributed by atoms with Crippen molar-refractivity contribution in [1.82, 2.24) is 26.6 Å². The molecule has 0 aliphatic heterocycles. The molecule has 0 saturated carbocycles. The fourth-order valence-electron chi connectivity index (χ4n) is 4.32. The molecule has 0 aliphatic rings. The lowest BCUT2D eigenvalue weighted by molar-refractivity contribution is -0.144. The Kier molecular flexibility index (Phi) is 18.2. The Hall–Kier alpha value is -4.66. The van der Waals surface area contributed by atoms with Gasteiger partial charge < -0.3 is 57.3 Å². The van der Waals surface area contributed by atoms with E-state index in [9.17, 15) is 53.4 Å². The number of carboxylic acid groups (broad SMARTS) is 2. The minimum Gasteiger partial charge on any atom is -0.481 e. The van der Waals surface area contributed by atoms with Crippen LogP contribution in [0.25, 0.3) is 0 Å². The maximum absolute atomic E-state index is 13.5. The van der Waals surface area contributed by atoms with Crippen molar-refractivity contribution in [2.24, 2.45) is 11.7 Å². The van der Waals surface area contributed by atoms with Crippen molar-refractivity contribution in [3.8, 4) is 5.75 Å². The van der Waals surface area contributed by atoms with Gasteiger partial charge in [0.2, 0.25) is 29.5 Å². The molecule has 0 aliphatic carbocycles. The summed E-state index contributed by atoms with van der Waals surface area (Å²) < 4.78 is 15.6. The molecule has 13 N–H and O–H groups in total. The maximum Gasteiger partial charge on any atom is 0.524 e. The molecule has 0 unspecified atom stereocenters. The Morgan fingerprint density at radius 3 is 1.61 bits per heavy atom. The average Bonchev–Trinajstić information content (AvgIpc) is 3.05. The van der Waals surface area contributed by atoms with Gasteiger partial charge in [-0.05, 0) is 30.0 Å². The van der Waals surface area contributed by atoms with Crippen LogP contribution in [0, 0.1) is 5.92 Å². The second kappa shape index (κ2) is 20.9. The van der Waals surface area contributed by atoms with E-state index < -0.39 is 111 Å². The lowest BCUT2D eigenvalue weighted by atomic mass is 9.98. The average molecular weight is 749 g/mol. The number of carbonyl (C=O) groups is 7. The van der Waals surface area contributed by atoms with Crippen LogP contribution in [0.5, 0.6) is 5.75 Å². The van der Waals surface area contributed by atoms with Crippen molar-refractivity contribution in [2.75, 3.05) is 13.2 Å². The van der Waals surface area contributed by atoms with E-state index in [0.29, 0.717) is 6.42 Å². The molecule has 51 heavy (non-hydrogen) atoms. The van der Waals surface area contributed by atoms with Crippen LogP contribution in [0.3, 0.4) is 0 Å². The number of aliphatic hydroxyl groups excluding tert-OH is 2. The van der Waals surface area contributed by atoms with Crippen molar-refractivity contribution in [1.29, 1.82) is 0 Å². The van der Waals surface area contributed by atoms with Gasteiger partial charge in [-0.2, -0.15) is 0 Å². The fraction of sp³-hybridized carbons (Fsp3) is 0.552. The summed E-state index contributed by atoms with van der Waals surface area (Å²) in [6.07, 6.45) is -0.779. The number of carbonyl (C=O) groups excluding carboxylic acids is 5. The second-order valence-corrected chi connectivity index (χ2v) is 12.5. The lowest BCUT2D eigenvalue weighted by Crippen LogP contribution is -2.61. The Morgan fingerprint density at radius 2 is 1.18 bits per heavy atom. The fourth-order valence-corrected chi connectivity index (χ4v) is 4.72. The van der Waals surface area contributed by atoms with Gasteiger partial charge in [0.15, 0.2) is 0 Å². The third-order valence-corrected chi connectivity index (χ3v) is 7.85. The van der Waals surface area contributed by atoms with E-state index in [0.717, 1.165) is 12.1 Å². The molecule has 0 spiro atoms. The standard InChI is InChI=1S/C29H45N6O15P/c1-4-14(3)23(29(45)46)35-25(41)18(5-2)31-27(43)21(13-37)34-26(42)19(10-15-6-8-16(9-7-15)50-51(47,48)49)32-28(44)20(12-36)33-24(40)17(30)11-22(38)39/h6-9,14,17-21,23,36-37H,4-5,10-13,30H2,1-3H3,(H,31,43)(H,32,44)(H,33,40)(H,34,42)(H,35,41)(H,38,39)(H,45,46)(H2,47,48,49)/t14-,17-,18-,19-,20-,21-,23-/m0/s1. The van der Waals surface area contributed by atoms with Gasteiger partial charge in [-0.25, -0.2) is 9.36 Å². The SMILES string of the molecule is CC[C@H](NC(=O)[C@H](CO)NC(=O)[C@H](Cc1ccc(OP(=O)(O)O)cc1)NC(=O)[C@H](CO)NC(=O)[C@@H](N)CC(=O)O)C(=O)N[C@H](C(=O)O)[C@@H](C)CC. The zero-order valence-corrected chi connectivity index (χ0v) is 28.9. The first kappa shape index (κ1) is 44.4. The van der Waals surface area contributed by atoms with Crippen LogP contribution in [-0.2, 0) is 44.5 Å². The number of amides is 5. The molecule has 0 radical (unpaired) electrons. The summed E-state index contributed by atoms with van der Waals surface area (Å²) in [4.78, 5) is 105. The van der Waals surface area contributed by atoms with Crippen molar-refractivity contribution < 1.29 is 72.9 Å². The van der Waals surface area contributed by atoms with E-state index in [1.807, 2.05) is 0 Å². The number of carboxylic acids is 2. The van der Waals surface area contributed by atoms with E-state index >= 15 is 0 Å². The lowest BCUT2D eigenvalue weighted by Gasteiger charge is -2.26. The third-order valence-electron chi connectivity index (χ3n) is 7.40. The molecule has 7 atom stereocenters. The second-order valence-electron chi connectivity index (χ2n) is 11.4. The smallest absolute Gasteiger partial charge is 0.481 e. The largest absolute Gasteiger partial charge is 0.524 e. The molecule has 0 fully saturated rings. The Morgan fingerprint density at radius 1 is 0.725 bits per heavy atom. The normalized spacial score (nSPS) is 15.4. The number of hydrogen-bond donors (Lipinski definition) is 12. The molecule has 1 rings (SSSR count). The van der Waals surface area contributed by atoms with Gasteiger partial charge in [0, 0.05) is 6.42 Å². The van der Waals surface area contributed by atoms with Gasteiger partial charge in [-0.15, -0.1) is 0 Å². The molecule has 22 heteroatoms. The topological polar surface area (TPSA) is 353 Å². The molecular weight excluding hydrogens is 703 g/mol. The summed E-state index contributed by atoms with van der Waals surface area (Å²) in [6.45, 7) is 2.82. The molecule has 0 bridgehead atoms. The van der Waals surface area contributed by atoms with E-state index in [1.165, 1.54) is 19.1 Å². The number of aliphatic hydroxyl groups is 2. The van der Waals surface area contributed by atoms with Crippen molar-refractivity contribution >= 4 is 49.3 Å². The number of aliphatic carboxylic acids is 2. The van der Waals surface area contributed by atoms with Crippen LogP contribution >= 0.6 is 7.82 Å². The van der Waals surface area contributed by atoms with Crippen LogP contribution in [0.1, 0.15) is 45.6 Å². The van der Waals surface area contributed by atoms with Gasteiger partial charge in [0.05, 0.1) is 25.7 Å². The van der Waals surface area contributed by atoms with Gasteiger partial charge in [-0.1, -0.05) is 39.3 Å². The van der Waals surface area contributed by atoms with Crippen molar-refractivity contribution in [3.63, 3.8) is 0 Å². The Balaban J connectivity index is 3.26. The highest BCUT2D eigenvalue weighted by Crippen LogP contribution is 2.37. The summed E-state index contributed by atoms with van der Waals surface area (Å²) in [7, 11) is -4.91. The van der Waals surface area contributed by atoms with E-state index in [-0.39, 0.29) is 24.2 Å². The van der Waals surface area contributed by atoms with Gasteiger partial charge in [0.25, 0.3) is 0 Å². The number of nitrogens with two attached hydrogens (primary N) is 1. The van der Waals surface area contributed by atoms with Crippen molar-refractivity contribution in [3.05, 3.63) is 29.8 Å². The summed E-state index contributed by atoms with van der Waals surface area (Å²) in [5, 5.41) is 49.3. The van der Waals surface area contributed by atoms with Gasteiger partial charge >= 0.3 is 19.8 Å². The predicted molar refractivity (Wildman–Crippen MR) is 174 cm³/mol. The molecule has 286 valence electrons. The van der Waals surface area contributed by atoms with Crippen LogP contribution in [-0.4, -0.2) is 121 Å². The Bertz CT molecular complexity index is 1440. The summed E-state index contributed by atoms with van der Waals surface area (Å²) in [5.74, 6) is -8.66. The summed E-state index contributed by atoms with van der Waals surface area (Å²) in [6, 6.07) is -4.38. The minimum atomic E-state index is -4.91. The van der Waals surface area contributed by atoms with Crippen LogP contribution in [0.15, 0.2) is 24.3 Å². The monoisotopic (exact) mass is 748 g/mol. The molecule has 0 saturated heterocycles. The highest BCUT2D eigenvalue weighted by molar-refractivity contribution is 7.46. The first-order chi connectivity index (χ1) is 23.8. The van der Waals surface area contributed by atoms with E-state index in [1.54, 1.807) is 13.8 Å². The number of phosphoric ester groups is 1. The number of phosphoric acid groups is 1. The molecule has 0 aromatic heterocycles. The van der Waals surface area contributed by atoms with Crippen LogP contribution in [0.4, 0.5) is 0 Å². The molecular formula is C29H45N6O15P. The first-order valence-electron chi connectivity index (χ1n) is 15.5. The predicted octanol–water partition coefficient (Wildman–Crippen LogP) is -3.55. The highest BCUT2D eigenvalue weighted by Gasteiger charge is 2.33. The minimum absolute atomic E-state index is 0.0126. The molecule has 1 aromatic carbocycles. The van der Waals surface area contributed by atoms with Gasteiger partial charge in [-0.3, -0.25) is 38.6 Å². The van der Waals surface area contributed by atoms with Crippen LogP contribution < -0.4 is 36.8 Å². The zero-order chi connectivity index (χ0) is 39.1. The number of nitrogens with one attached hydrogen (secondary N) is 5. The molecule has 5 amide bonds. The zero-order valence-electron chi connectivity index (χ0n) is 28.0. The molecule has 1 aromatic rings. The molecule has 0 heterocycles. The maximum atomic E-state index is 13.5. The summed E-state index contributed by atoms with van der Waals surface area (Å²) >= 11 is 0. The van der Waals surface area contributed by atoms with Gasteiger partial charge in [0.1, 0.15) is 36.0 Å². The summed E-state index contributed by atoms with van der Waals surface area (Å²) in [5.41, 5.74) is 5.75. The van der Waals surface area contributed by atoms with E-state index in [2.05, 4.69) is 31.1 Å². The highest BCUT2D eigenvalue weighted by atomic mass is 31.2.